The fourth-order valence-corrected chi connectivity index (χ4v) is 17.2. The fourth-order valence-electron chi connectivity index (χ4n) is 13.3. The summed E-state index contributed by atoms with van der Waals surface area (Å²) < 4.78 is 0. The molecule has 8 N–H and O–H groups in total. The van der Waals surface area contributed by atoms with E-state index in [0.717, 1.165) is 179 Å². The van der Waals surface area contributed by atoms with Crippen molar-refractivity contribution in [2.45, 2.75) is 210 Å². The van der Waals surface area contributed by atoms with E-state index >= 15 is 0 Å². The zero-order valence-electron chi connectivity index (χ0n) is 70.6. The van der Waals surface area contributed by atoms with Gasteiger partial charge in [-0.05, 0) is 249 Å². The first-order valence-electron chi connectivity index (χ1n) is 41.7. The van der Waals surface area contributed by atoms with Gasteiger partial charge in [0.2, 0.25) is 0 Å². The number of thiophene rings is 4. The molecule has 0 unspecified atom stereocenters. The van der Waals surface area contributed by atoms with Gasteiger partial charge in [0.25, 0.3) is 0 Å². The number of nitrogens with zero attached hydrogens (tertiary/aromatic N) is 8. The van der Waals surface area contributed by atoms with Gasteiger partial charge in [0.05, 0.1) is 41.8 Å². The van der Waals surface area contributed by atoms with Crippen molar-refractivity contribution in [2.24, 2.45) is 0 Å². The fraction of sp³-hybridized carbons (Fsp3) is 0.333. The van der Waals surface area contributed by atoms with E-state index in [1.165, 1.54) is 96.6 Å². The second-order valence-electron chi connectivity index (χ2n) is 28.9. The molecule has 0 amide bonds. The first-order valence-corrected chi connectivity index (χ1v) is 44.9. The van der Waals surface area contributed by atoms with Crippen molar-refractivity contribution in [3.8, 4) is 42.8 Å². The molecule has 628 valence electrons. The Kier molecular flexibility index (Phi) is 36.5. The van der Waals surface area contributed by atoms with Gasteiger partial charge in [0.15, 0.2) is 23.3 Å². The molecule has 0 radical (unpaired) electrons. The van der Waals surface area contributed by atoms with Gasteiger partial charge < -0.3 is 41.7 Å². The second kappa shape index (κ2) is 47.4. The van der Waals surface area contributed by atoms with Crippen LogP contribution in [0.25, 0.3) is 42.8 Å². The maximum absolute atomic E-state index is 11.1. The summed E-state index contributed by atoms with van der Waals surface area (Å²) in [4.78, 5) is 92.7. The number of carboxylic acids is 4. The molecule has 0 bridgehead atoms. The molecule has 0 spiro atoms. The normalized spacial score (nSPS) is 10.8. The van der Waals surface area contributed by atoms with Crippen LogP contribution < -0.4 is 21.3 Å². The van der Waals surface area contributed by atoms with Gasteiger partial charge in [-0.25, -0.2) is 59.0 Å². The topological polar surface area (TPSA) is 300 Å². The van der Waals surface area contributed by atoms with Gasteiger partial charge in [-0.1, -0.05) is 119 Å². The Hall–Kier alpha value is -11.4. The van der Waals surface area contributed by atoms with Crippen molar-refractivity contribution < 1.29 is 39.6 Å². The van der Waals surface area contributed by atoms with Crippen molar-refractivity contribution >= 4 is 115 Å². The molecule has 4 aromatic carbocycles. The van der Waals surface area contributed by atoms with Crippen LogP contribution in [0, 0.1) is 13.8 Å². The number of anilines is 8. The van der Waals surface area contributed by atoms with E-state index in [4.69, 9.17) is 60.3 Å². The molecule has 8 aromatic heterocycles. The molecule has 8 heterocycles. The number of carboxylic acid groups (broad SMARTS) is 4. The van der Waals surface area contributed by atoms with E-state index in [1.807, 2.05) is 26.0 Å². The van der Waals surface area contributed by atoms with Crippen LogP contribution in [-0.4, -0.2) is 84.2 Å². The number of rotatable bonds is 40. The maximum Gasteiger partial charge on any atom is 0.335 e. The van der Waals surface area contributed by atoms with Gasteiger partial charge in [-0.3, -0.25) is 0 Å². The van der Waals surface area contributed by atoms with E-state index in [0.29, 0.717) is 18.7 Å². The summed E-state index contributed by atoms with van der Waals surface area (Å²) in [6.07, 6.45) is 27.4. The SMILES string of the molecule is C=CCc1c(C)nc(-c2ccc(CCCCC)s2)nc1Nc1ccc(C(=O)O)cc1.C=CCc1c(CC)nc(-c2ccc(CCCCC)s2)nc1Nc1ccc(C(=O)O)cc1.CCCCCc1ccc(-c2nc(C)c(CC)c(Nc3ccc(C(=O)O)cc3)n2)s1.CCCCCc1ccc(-c2nc(CC)c(CC)c(Nc3ccc(C(=O)O)cc3)n2)s1. The Morgan fingerprint density at radius 1 is 0.308 bits per heavy atom. The third-order valence-corrected chi connectivity index (χ3v) is 24.5. The molecule has 24 heteroatoms. The Labute approximate surface area is 722 Å². The molecule has 20 nitrogen and oxygen atoms in total. The third kappa shape index (κ3) is 26.8. The minimum absolute atomic E-state index is 0.251. The molecular formula is C96H112N12O8S4. The molecule has 0 atom stereocenters. The molecule has 0 aliphatic rings. The summed E-state index contributed by atoms with van der Waals surface area (Å²) in [7, 11) is 0. The zero-order chi connectivity index (χ0) is 86.0. The molecule has 0 saturated heterocycles. The molecule has 0 aliphatic carbocycles. The lowest BCUT2D eigenvalue weighted by Gasteiger charge is -2.15. The molecule has 0 aliphatic heterocycles. The van der Waals surface area contributed by atoms with E-state index in [2.05, 4.69) is 138 Å². The first kappa shape index (κ1) is 92.4. The van der Waals surface area contributed by atoms with E-state index in [9.17, 15) is 19.2 Å². The minimum atomic E-state index is -0.943. The van der Waals surface area contributed by atoms with Crippen molar-refractivity contribution in [1.82, 2.24) is 39.9 Å². The lowest BCUT2D eigenvalue weighted by atomic mass is 10.1. The predicted octanol–water partition coefficient (Wildman–Crippen LogP) is 25.8. The van der Waals surface area contributed by atoms with E-state index in [1.54, 1.807) is 142 Å². The number of nitrogens with one attached hydrogen (secondary N) is 4. The number of hydrogen-bond acceptors (Lipinski definition) is 20. The Morgan fingerprint density at radius 2 is 0.558 bits per heavy atom. The highest BCUT2D eigenvalue weighted by atomic mass is 32.1. The average Bonchev–Trinajstić information content (AvgIpc) is 1.41. The largest absolute Gasteiger partial charge is 0.478 e. The van der Waals surface area contributed by atoms with Crippen molar-refractivity contribution in [3.05, 3.63) is 258 Å². The van der Waals surface area contributed by atoms with Gasteiger partial charge in [0, 0.05) is 87.3 Å². The van der Waals surface area contributed by atoms with Crippen molar-refractivity contribution in [2.75, 3.05) is 21.3 Å². The van der Waals surface area contributed by atoms with Crippen LogP contribution in [-0.2, 0) is 64.2 Å². The van der Waals surface area contributed by atoms with Gasteiger partial charge >= 0.3 is 23.9 Å². The van der Waals surface area contributed by atoms with E-state index < -0.39 is 23.9 Å². The standard InChI is InChI=1S/C25H29N3O2S.C24H27N3O2S.C24H29N3O2S.C23H27N3O2S/c1-4-7-8-10-19-15-16-22(31-19)24-27-21(6-3)20(9-5-2)23(28-24)26-18-13-11-17(12-14-18)25(29)30;1-4-6-7-9-19-14-15-21(30-19)23-25-16(3)20(8-5-2)22(27-23)26-18-12-10-17(11-13-18)24(28)29;1-4-7-8-9-18-14-15-21(30-18)23-26-20(6-3)19(5-2)22(27-23)25-17-12-10-16(11-13-17)24(28)29;1-4-6-7-8-18-13-14-20(29-18)22-24-15(3)19(5-2)21(26-22)25-17-11-9-16(10-12-17)23(27)28/h5,11-16H,2,4,6-10H2,1,3H3,(H,29,30)(H,26,27,28);5,10-15H,2,4,6-9H2,1,3H3,(H,28,29)(H,25,26,27);10-15H,4-9H2,1-3H3,(H,28,29)(H,25,26,27);9-14H,4-8H2,1-3H3,(H,27,28)(H,24,25,26). The lowest BCUT2D eigenvalue weighted by Crippen LogP contribution is -2.07. The van der Waals surface area contributed by atoms with Gasteiger partial charge in [-0.2, -0.15) is 0 Å². The Balaban J connectivity index is 0.000000182. The average molecular weight is 1690 g/mol. The monoisotopic (exact) mass is 1690 g/mol. The predicted molar refractivity (Wildman–Crippen MR) is 496 cm³/mol. The highest BCUT2D eigenvalue weighted by Gasteiger charge is 2.21. The number of benzene rings is 4. The highest BCUT2D eigenvalue weighted by molar-refractivity contribution is 7.16. The van der Waals surface area contributed by atoms with Crippen LogP contribution in [0.1, 0.15) is 238 Å². The lowest BCUT2D eigenvalue weighted by molar-refractivity contribution is 0.0686. The summed E-state index contributed by atoms with van der Waals surface area (Å²) in [6, 6.07) is 43.9. The summed E-state index contributed by atoms with van der Waals surface area (Å²) in [6.45, 7) is 29.0. The van der Waals surface area contributed by atoms with Gasteiger partial charge in [0.1, 0.15) is 23.3 Å². The zero-order valence-corrected chi connectivity index (χ0v) is 73.9. The molecular weight excluding hydrogens is 1580 g/mol. The van der Waals surface area contributed by atoms with Crippen LogP contribution in [0.4, 0.5) is 46.0 Å². The summed E-state index contributed by atoms with van der Waals surface area (Å²) in [5, 5.41) is 49.9. The van der Waals surface area contributed by atoms with Crippen LogP contribution in [0.15, 0.2) is 171 Å². The smallest absolute Gasteiger partial charge is 0.335 e. The number of aromatic carboxylic acids is 4. The number of unbranched alkanes of at least 4 members (excludes halogenated alkanes) is 8. The number of carbonyl (C=O) groups is 4. The number of allylic oxidation sites excluding steroid dienone is 2. The molecule has 0 saturated carbocycles. The van der Waals surface area contributed by atoms with Crippen molar-refractivity contribution in [1.29, 1.82) is 0 Å². The molecule has 12 aromatic rings. The first-order chi connectivity index (χ1) is 58.1. The Bertz CT molecular complexity index is 5370. The quantitative estimate of drug-likeness (QED) is 0.0131. The molecule has 12 rings (SSSR count). The summed E-state index contributed by atoms with van der Waals surface area (Å²) in [5.41, 5.74) is 12.3. The summed E-state index contributed by atoms with van der Waals surface area (Å²) >= 11 is 7.03. The van der Waals surface area contributed by atoms with E-state index in [-0.39, 0.29) is 22.3 Å². The van der Waals surface area contributed by atoms with Crippen LogP contribution in [0.2, 0.25) is 0 Å². The number of aromatic nitrogens is 8. The maximum atomic E-state index is 11.1. The van der Waals surface area contributed by atoms with Crippen molar-refractivity contribution in [3.63, 3.8) is 0 Å². The third-order valence-electron chi connectivity index (χ3n) is 19.9. The Morgan fingerprint density at radius 3 is 0.825 bits per heavy atom. The van der Waals surface area contributed by atoms with Crippen LogP contribution in [0.3, 0.4) is 0 Å². The second-order valence-corrected chi connectivity index (χ2v) is 33.6. The number of aryl methyl sites for hydroxylation is 8. The highest BCUT2D eigenvalue weighted by Crippen LogP contribution is 2.37. The van der Waals surface area contributed by atoms with Crippen LogP contribution >= 0.6 is 45.3 Å². The molecule has 0 fully saturated rings. The van der Waals surface area contributed by atoms with Gasteiger partial charge in [-0.15, -0.1) is 58.5 Å². The minimum Gasteiger partial charge on any atom is -0.478 e. The van der Waals surface area contributed by atoms with Crippen LogP contribution in [0.5, 0.6) is 0 Å². The molecule has 120 heavy (non-hydrogen) atoms. The summed E-state index contributed by atoms with van der Waals surface area (Å²) in [5.74, 6) is 2.20. The number of hydrogen-bond donors (Lipinski definition) is 8.